The Morgan fingerprint density at radius 1 is 0.944 bits per heavy atom. The van der Waals surface area contributed by atoms with Crippen LogP contribution >= 0.6 is 27.7 Å². The summed E-state index contributed by atoms with van der Waals surface area (Å²) in [6, 6.07) is 28.2. The van der Waals surface area contributed by atoms with Gasteiger partial charge in [0.05, 0.1) is 11.3 Å². The normalized spacial score (nSPS) is 10.3. The zero-order valence-electron chi connectivity index (χ0n) is 18.9. The maximum atomic E-state index is 12.6. The van der Waals surface area contributed by atoms with Gasteiger partial charge in [-0.25, -0.2) is 4.98 Å². The average molecular weight is 555 g/mol. The van der Waals surface area contributed by atoms with Gasteiger partial charge in [-0.3, -0.25) is 4.79 Å². The molecule has 4 aromatic rings. The zero-order chi connectivity index (χ0) is 25.5. The van der Waals surface area contributed by atoms with Gasteiger partial charge in [0, 0.05) is 15.6 Å². The third kappa shape index (κ3) is 5.75. The van der Waals surface area contributed by atoms with E-state index in [9.17, 15) is 15.3 Å². The van der Waals surface area contributed by atoms with Gasteiger partial charge in [-0.2, -0.15) is 10.5 Å². The number of hydrogen-bond donors (Lipinski definition) is 1. The summed E-state index contributed by atoms with van der Waals surface area (Å²) in [6.45, 7) is 0.419. The van der Waals surface area contributed by atoms with Crippen LogP contribution in [0, 0.1) is 22.7 Å². The Balaban J connectivity index is 1.60. The fourth-order valence-electron chi connectivity index (χ4n) is 3.50. The topological polar surface area (TPSA) is 113 Å². The van der Waals surface area contributed by atoms with Gasteiger partial charge in [-0.05, 0) is 35.4 Å². The van der Waals surface area contributed by atoms with Gasteiger partial charge in [-0.1, -0.05) is 82.3 Å². The minimum atomic E-state index is -0.109. The standard InChI is InChI=1S/C28H19BrN4O2S/c29-21-10-6-19(7-11-21)25(34)17-36-28-24(15-31)26(23(14-30)27(32)33-28)20-8-12-22(13-9-20)35-16-18-4-2-1-3-5-18/h1-13H,16-17H2,(H2,32,33). The highest BCUT2D eigenvalue weighted by Crippen LogP contribution is 2.36. The maximum Gasteiger partial charge on any atom is 0.173 e. The highest BCUT2D eigenvalue weighted by molar-refractivity contribution is 9.10. The maximum absolute atomic E-state index is 12.6. The molecule has 0 spiro atoms. The Morgan fingerprint density at radius 3 is 2.25 bits per heavy atom. The zero-order valence-corrected chi connectivity index (χ0v) is 21.3. The molecule has 176 valence electrons. The fraction of sp³-hybridized carbons (Fsp3) is 0.0714. The molecule has 0 unspecified atom stereocenters. The monoisotopic (exact) mass is 554 g/mol. The molecule has 2 N–H and O–H groups in total. The number of anilines is 1. The van der Waals surface area contributed by atoms with Crippen molar-refractivity contribution in [3.63, 3.8) is 0 Å². The Morgan fingerprint density at radius 2 is 1.61 bits per heavy atom. The second-order valence-electron chi connectivity index (χ2n) is 7.67. The summed E-state index contributed by atoms with van der Waals surface area (Å²) in [5.74, 6) is 0.619. The Hall–Kier alpha value is -4.11. The van der Waals surface area contributed by atoms with E-state index in [1.54, 1.807) is 48.5 Å². The van der Waals surface area contributed by atoms with Crippen molar-refractivity contribution in [2.45, 2.75) is 11.6 Å². The molecule has 0 aliphatic rings. The third-order valence-corrected chi connectivity index (χ3v) is 6.82. The first kappa shape index (κ1) is 25.0. The van der Waals surface area contributed by atoms with Crippen molar-refractivity contribution < 1.29 is 9.53 Å². The average Bonchev–Trinajstić information content (AvgIpc) is 2.91. The molecule has 0 fully saturated rings. The number of aromatic nitrogens is 1. The summed E-state index contributed by atoms with van der Waals surface area (Å²) in [5.41, 5.74) is 9.03. The molecule has 0 amide bonds. The largest absolute Gasteiger partial charge is 0.489 e. The second kappa shape index (κ2) is 11.5. The summed E-state index contributed by atoms with van der Waals surface area (Å²) in [6.07, 6.45) is 0. The molecule has 0 saturated carbocycles. The molecular weight excluding hydrogens is 536 g/mol. The molecule has 6 nitrogen and oxygen atoms in total. The SMILES string of the molecule is N#Cc1c(N)nc(SCC(=O)c2ccc(Br)cc2)c(C#N)c1-c1ccc(OCc2ccccc2)cc1. The van der Waals surface area contributed by atoms with E-state index >= 15 is 0 Å². The van der Waals surface area contributed by atoms with Crippen molar-refractivity contribution in [2.75, 3.05) is 11.5 Å². The number of carbonyl (C=O) groups is 1. The van der Waals surface area contributed by atoms with Crippen LogP contribution in [0.25, 0.3) is 11.1 Å². The molecule has 0 aliphatic heterocycles. The lowest BCUT2D eigenvalue weighted by atomic mass is 9.97. The van der Waals surface area contributed by atoms with E-state index in [0.717, 1.165) is 21.8 Å². The van der Waals surface area contributed by atoms with Crippen LogP contribution in [0.5, 0.6) is 5.75 Å². The lowest BCUT2D eigenvalue weighted by Crippen LogP contribution is -2.06. The highest BCUT2D eigenvalue weighted by atomic mass is 79.9. The predicted octanol–water partition coefficient (Wildman–Crippen LogP) is 6.39. The Labute approximate surface area is 221 Å². The molecule has 0 aliphatic carbocycles. The van der Waals surface area contributed by atoms with Crippen LogP contribution in [0.15, 0.2) is 88.4 Å². The molecule has 0 atom stereocenters. The van der Waals surface area contributed by atoms with Crippen LogP contribution in [0.1, 0.15) is 27.0 Å². The number of nitrogens with two attached hydrogens (primary N) is 1. The third-order valence-electron chi connectivity index (χ3n) is 5.31. The quantitative estimate of drug-likeness (QED) is 0.198. The van der Waals surface area contributed by atoms with E-state index in [1.807, 2.05) is 30.3 Å². The van der Waals surface area contributed by atoms with Crippen LogP contribution in [0.4, 0.5) is 5.82 Å². The van der Waals surface area contributed by atoms with Gasteiger partial charge in [0.15, 0.2) is 5.78 Å². The fourth-order valence-corrected chi connectivity index (χ4v) is 4.66. The van der Waals surface area contributed by atoms with Gasteiger partial charge in [0.1, 0.15) is 40.9 Å². The second-order valence-corrected chi connectivity index (χ2v) is 9.55. The van der Waals surface area contributed by atoms with Crippen LogP contribution in [0.2, 0.25) is 0 Å². The van der Waals surface area contributed by atoms with Crippen molar-refractivity contribution in [1.29, 1.82) is 10.5 Å². The minimum Gasteiger partial charge on any atom is -0.489 e. The number of nitrogens with zero attached hydrogens (tertiary/aromatic N) is 3. The molecule has 0 saturated heterocycles. The van der Waals surface area contributed by atoms with E-state index in [0.29, 0.717) is 34.1 Å². The first-order valence-corrected chi connectivity index (χ1v) is 12.6. The summed E-state index contributed by atoms with van der Waals surface area (Å²) >= 11 is 4.47. The van der Waals surface area contributed by atoms with Gasteiger partial charge in [-0.15, -0.1) is 0 Å². The first-order valence-electron chi connectivity index (χ1n) is 10.8. The number of pyridine rings is 1. The number of benzene rings is 3. The molecule has 1 heterocycles. The van der Waals surface area contributed by atoms with Crippen LogP contribution in [-0.4, -0.2) is 16.5 Å². The smallest absolute Gasteiger partial charge is 0.173 e. The van der Waals surface area contributed by atoms with Crippen LogP contribution in [-0.2, 0) is 6.61 Å². The van der Waals surface area contributed by atoms with Gasteiger partial charge in [0.25, 0.3) is 0 Å². The van der Waals surface area contributed by atoms with Gasteiger partial charge < -0.3 is 10.5 Å². The number of halogens is 1. The molecule has 8 heteroatoms. The van der Waals surface area contributed by atoms with Crippen LogP contribution in [0.3, 0.4) is 0 Å². The van der Waals surface area contributed by atoms with Crippen molar-refractivity contribution >= 4 is 39.3 Å². The van der Waals surface area contributed by atoms with Crippen LogP contribution < -0.4 is 10.5 Å². The number of nitriles is 2. The Kier molecular flexibility index (Phi) is 8.02. The van der Waals surface area contributed by atoms with Crippen molar-refractivity contribution in [3.05, 3.63) is 106 Å². The molecule has 4 rings (SSSR count). The molecular formula is C28H19BrN4O2S. The Bertz CT molecular complexity index is 1480. The minimum absolute atomic E-state index is 0.00879. The lowest BCUT2D eigenvalue weighted by Gasteiger charge is -2.13. The van der Waals surface area contributed by atoms with Crippen molar-refractivity contribution in [3.8, 4) is 29.0 Å². The summed E-state index contributed by atoms with van der Waals surface area (Å²) in [5, 5.41) is 20.0. The van der Waals surface area contributed by atoms with E-state index < -0.39 is 0 Å². The number of thioether (sulfide) groups is 1. The summed E-state index contributed by atoms with van der Waals surface area (Å²) in [4.78, 5) is 16.9. The number of Topliss-reactive ketones (excluding diaryl/α,β-unsaturated/α-hetero) is 1. The number of carbonyl (C=O) groups excluding carboxylic acids is 1. The number of hydrogen-bond acceptors (Lipinski definition) is 7. The van der Waals surface area contributed by atoms with Crippen molar-refractivity contribution in [1.82, 2.24) is 4.98 Å². The number of ether oxygens (including phenoxy) is 1. The number of rotatable bonds is 8. The van der Waals surface area contributed by atoms with Crippen molar-refractivity contribution in [2.24, 2.45) is 0 Å². The van der Waals surface area contributed by atoms with E-state index in [4.69, 9.17) is 10.5 Å². The predicted molar refractivity (Wildman–Crippen MR) is 143 cm³/mol. The molecule has 0 radical (unpaired) electrons. The van der Waals surface area contributed by atoms with E-state index in [2.05, 4.69) is 33.1 Å². The van der Waals surface area contributed by atoms with E-state index in [-0.39, 0.29) is 28.5 Å². The molecule has 36 heavy (non-hydrogen) atoms. The number of ketones is 1. The highest BCUT2D eigenvalue weighted by Gasteiger charge is 2.21. The van der Waals surface area contributed by atoms with Gasteiger partial charge >= 0.3 is 0 Å². The molecule has 3 aromatic carbocycles. The molecule has 1 aromatic heterocycles. The number of nitrogen functional groups attached to an aromatic ring is 1. The van der Waals surface area contributed by atoms with E-state index in [1.165, 1.54) is 0 Å². The summed E-state index contributed by atoms with van der Waals surface area (Å²) in [7, 11) is 0. The lowest BCUT2D eigenvalue weighted by molar-refractivity contribution is 0.102. The molecule has 0 bridgehead atoms. The first-order chi connectivity index (χ1) is 17.5. The van der Waals surface area contributed by atoms with Gasteiger partial charge in [0.2, 0.25) is 0 Å². The summed E-state index contributed by atoms with van der Waals surface area (Å²) < 4.78 is 6.72.